The lowest BCUT2D eigenvalue weighted by Crippen LogP contribution is -2.04. The molecule has 0 amide bonds. The Labute approximate surface area is 95.9 Å². The van der Waals surface area contributed by atoms with E-state index in [1.165, 1.54) is 6.07 Å². The summed E-state index contributed by atoms with van der Waals surface area (Å²) >= 11 is 3.29. The largest absolute Gasteiger partial charge is 0.478 e. The minimum absolute atomic E-state index is 0.0430. The molecule has 4 nitrogen and oxygen atoms in total. The Morgan fingerprint density at radius 1 is 1.73 bits per heavy atom. The van der Waals surface area contributed by atoms with E-state index < -0.39 is 5.97 Å². The monoisotopic (exact) mass is 270 g/mol. The number of nitrogens with two attached hydrogens (primary N) is 1. The summed E-state index contributed by atoms with van der Waals surface area (Å²) in [5, 5.41) is 8.91. The van der Waals surface area contributed by atoms with E-state index in [1.807, 2.05) is 6.92 Å². The lowest BCUT2D eigenvalue weighted by Gasteiger charge is -2.11. The number of hydrogen-bond donors (Lipinski definition) is 2. The Morgan fingerprint density at radius 2 is 2.33 bits per heavy atom. The molecule has 0 aliphatic carbocycles. The van der Waals surface area contributed by atoms with Crippen LogP contribution < -0.4 is 5.73 Å². The molecular formula is C10H11BrN2O2. The van der Waals surface area contributed by atoms with Gasteiger partial charge in [-0.05, 0) is 24.8 Å². The van der Waals surface area contributed by atoms with Crippen molar-refractivity contribution >= 4 is 40.0 Å². The number of carboxylic acids is 1. The summed E-state index contributed by atoms with van der Waals surface area (Å²) in [6, 6.07) is 1.49. The van der Waals surface area contributed by atoms with E-state index in [2.05, 4.69) is 27.6 Å². The van der Waals surface area contributed by atoms with Gasteiger partial charge in [0.1, 0.15) is 0 Å². The van der Waals surface area contributed by atoms with E-state index in [4.69, 9.17) is 10.8 Å². The van der Waals surface area contributed by atoms with Crippen molar-refractivity contribution in [3.05, 3.63) is 21.7 Å². The SMILES string of the molecule is C=Nc1c(N)c(C(=O)O)cc(Br)c1CC. The van der Waals surface area contributed by atoms with Crippen LogP contribution >= 0.6 is 15.9 Å². The standard InChI is InChI=1S/C10H11BrN2O2/c1-3-5-7(11)4-6(10(14)15)8(12)9(5)13-2/h4H,2-3,12H2,1H3,(H,14,15). The summed E-state index contributed by atoms with van der Waals surface area (Å²) in [7, 11) is 0. The normalized spacial score (nSPS) is 10.0. The van der Waals surface area contributed by atoms with Crippen LogP contribution in [-0.2, 0) is 6.42 Å². The molecule has 0 saturated heterocycles. The van der Waals surface area contributed by atoms with E-state index in [0.717, 1.165) is 5.56 Å². The number of nitrogens with zero attached hydrogens (tertiary/aromatic N) is 1. The highest BCUT2D eigenvalue weighted by Crippen LogP contribution is 2.36. The topological polar surface area (TPSA) is 75.7 Å². The molecule has 1 aromatic rings. The molecule has 0 aliphatic heterocycles. The summed E-state index contributed by atoms with van der Waals surface area (Å²) in [5.74, 6) is -1.07. The summed E-state index contributed by atoms with van der Waals surface area (Å²) in [6.07, 6.45) is 0.707. The molecule has 1 rings (SSSR count). The number of benzene rings is 1. The van der Waals surface area contributed by atoms with Gasteiger partial charge < -0.3 is 10.8 Å². The molecule has 0 unspecified atom stereocenters. The Kier molecular flexibility index (Phi) is 3.47. The van der Waals surface area contributed by atoms with Crippen LogP contribution in [0.1, 0.15) is 22.8 Å². The maximum absolute atomic E-state index is 10.9. The van der Waals surface area contributed by atoms with E-state index in [1.54, 1.807) is 0 Å². The minimum Gasteiger partial charge on any atom is -0.478 e. The smallest absolute Gasteiger partial charge is 0.337 e. The Hall–Kier alpha value is -1.36. The van der Waals surface area contributed by atoms with E-state index >= 15 is 0 Å². The van der Waals surface area contributed by atoms with Gasteiger partial charge in [0.15, 0.2) is 0 Å². The quantitative estimate of drug-likeness (QED) is 0.655. The Balaban J connectivity index is 3.58. The fourth-order valence-electron chi connectivity index (χ4n) is 1.39. The third-order valence-electron chi connectivity index (χ3n) is 2.13. The first kappa shape index (κ1) is 11.7. The molecule has 0 atom stereocenters. The highest BCUT2D eigenvalue weighted by atomic mass is 79.9. The second-order valence-corrected chi connectivity index (χ2v) is 3.82. The number of nitrogen functional groups attached to an aromatic ring is 1. The zero-order valence-corrected chi connectivity index (χ0v) is 9.84. The van der Waals surface area contributed by atoms with Gasteiger partial charge in [0, 0.05) is 4.47 Å². The third kappa shape index (κ3) is 2.02. The first-order valence-electron chi connectivity index (χ1n) is 4.33. The van der Waals surface area contributed by atoms with Crippen molar-refractivity contribution in [2.45, 2.75) is 13.3 Å². The molecule has 5 heteroatoms. The third-order valence-corrected chi connectivity index (χ3v) is 2.84. The minimum atomic E-state index is -1.07. The van der Waals surface area contributed by atoms with Crippen LogP contribution in [0.3, 0.4) is 0 Å². The molecule has 0 spiro atoms. The van der Waals surface area contributed by atoms with Gasteiger partial charge in [-0.3, -0.25) is 4.99 Å². The Morgan fingerprint density at radius 3 is 2.73 bits per heavy atom. The highest BCUT2D eigenvalue weighted by molar-refractivity contribution is 9.10. The number of hydrogen-bond acceptors (Lipinski definition) is 3. The lowest BCUT2D eigenvalue weighted by molar-refractivity contribution is 0.0698. The molecule has 0 aliphatic rings. The molecule has 0 bridgehead atoms. The molecule has 80 valence electrons. The molecule has 0 heterocycles. The van der Waals surface area contributed by atoms with Crippen LogP contribution in [0.5, 0.6) is 0 Å². The number of rotatable bonds is 3. The maximum Gasteiger partial charge on any atom is 0.337 e. The fraction of sp³-hybridized carbons (Fsp3) is 0.200. The average molecular weight is 271 g/mol. The van der Waals surface area contributed by atoms with E-state index in [-0.39, 0.29) is 11.3 Å². The van der Waals surface area contributed by atoms with Crippen molar-refractivity contribution in [3.63, 3.8) is 0 Å². The van der Waals surface area contributed by atoms with Crippen molar-refractivity contribution in [2.75, 3.05) is 5.73 Å². The molecule has 0 fully saturated rings. The number of halogens is 1. The van der Waals surface area contributed by atoms with Gasteiger partial charge in [-0.1, -0.05) is 22.9 Å². The van der Waals surface area contributed by atoms with Crippen LogP contribution in [0.25, 0.3) is 0 Å². The summed E-state index contributed by atoms with van der Waals surface area (Å²) in [4.78, 5) is 14.7. The zero-order valence-electron chi connectivity index (χ0n) is 8.25. The molecule has 0 saturated carbocycles. The van der Waals surface area contributed by atoms with Gasteiger partial charge in [-0.25, -0.2) is 4.79 Å². The van der Waals surface area contributed by atoms with Crippen molar-refractivity contribution in [3.8, 4) is 0 Å². The van der Waals surface area contributed by atoms with Crippen molar-refractivity contribution in [1.29, 1.82) is 0 Å². The number of carboxylic acid groups (broad SMARTS) is 1. The average Bonchev–Trinajstić information content (AvgIpc) is 2.19. The summed E-state index contributed by atoms with van der Waals surface area (Å²) in [6.45, 7) is 5.34. The Bertz CT molecular complexity index is 430. The summed E-state index contributed by atoms with van der Waals surface area (Å²) in [5.41, 5.74) is 7.23. The van der Waals surface area contributed by atoms with Gasteiger partial charge in [0.2, 0.25) is 0 Å². The van der Waals surface area contributed by atoms with Gasteiger partial charge in [0.05, 0.1) is 16.9 Å². The van der Waals surface area contributed by atoms with Gasteiger partial charge in [-0.15, -0.1) is 0 Å². The van der Waals surface area contributed by atoms with Crippen molar-refractivity contribution in [2.24, 2.45) is 4.99 Å². The van der Waals surface area contributed by atoms with Gasteiger partial charge >= 0.3 is 5.97 Å². The van der Waals surface area contributed by atoms with E-state index in [9.17, 15) is 4.79 Å². The van der Waals surface area contributed by atoms with Crippen LogP contribution in [-0.4, -0.2) is 17.8 Å². The number of anilines is 1. The predicted octanol–water partition coefficient (Wildman–Crippen LogP) is 2.62. The van der Waals surface area contributed by atoms with Crippen molar-refractivity contribution < 1.29 is 9.90 Å². The van der Waals surface area contributed by atoms with Crippen molar-refractivity contribution in [1.82, 2.24) is 0 Å². The highest BCUT2D eigenvalue weighted by Gasteiger charge is 2.16. The molecule has 1 aromatic carbocycles. The first-order valence-corrected chi connectivity index (χ1v) is 5.13. The number of aliphatic imine (C=N–C) groups is 1. The van der Waals surface area contributed by atoms with Crippen LogP contribution in [0.15, 0.2) is 15.5 Å². The second kappa shape index (κ2) is 4.44. The van der Waals surface area contributed by atoms with Crippen LogP contribution in [0.2, 0.25) is 0 Å². The number of carbonyl (C=O) groups is 1. The van der Waals surface area contributed by atoms with Gasteiger partial charge in [0.25, 0.3) is 0 Å². The van der Waals surface area contributed by atoms with Crippen LogP contribution in [0.4, 0.5) is 11.4 Å². The molecule has 15 heavy (non-hydrogen) atoms. The lowest BCUT2D eigenvalue weighted by atomic mass is 10.0. The second-order valence-electron chi connectivity index (χ2n) is 2.96. The van der Waals surface area contributed by atoms with E-state index in [0.29, 0.717) is 16.6 Å². The maximum atomic E-state index is 10.9. The molecule has 0 radical (unpaired) electrons. The molecule has 0 aromatic heterocycles. The summed E-state index contributed by atoms with van der Waals surface area (Å²) < 4.78 is 0.694. The number of aromatic carboxylic acids is 1. The fourth-order valence-corrected chi connectivity index (χ4v) is 2.09. The predicted molar refractivity (Wildman–Crippen MR) is 64.1 cm³/mol. The zero-order chi connectivity index (χ0) is 11.6. The van der Waals surface area contributed by atoms with Crippen LogP contribution in [0, 0.1) is 0 Å². The van der Waals surface area contributed by atoms with Gasteiger partial charge in [-0.2, -0.15) is 0 Å². The molecular weight excluding hydrogens is 260 g/mol. The molecule has 3 N–H and O–H groups in total. The first-order chi connectivity index (χ1) is 7.02.